The van der Waals surface area contributed by atoms with E-state index in [9.17, 15) is 14.7 Å². The normalized spacial score (nSPS) is 12.3. The maximum absolute atomic E-state index is 11.4. The Bertz CT molecular complexity index is 503. The first-order valence-electron chi connectivity index (χ1n) is 4.68. The highest BCUT2D eigenvalue weighted by molar-refractivity contribution is 7.13. The van der Waals surface area contributed by atoms with Gasteiger partial charge < -0.3 is 20.8 Å². The van der Waals surface area contributed by atoms with Crippen molar-refractivity contribution in [3.8, 4) is 0 Å². The highest BCUT2D eigenvalue weighted by Crippen LogP contribution is 2.14. The Morgan fingerprint density at radius 3 is 2.56 bits per heavy atom. The number of aromatic nitrogens is 1. The molecule has 98 valence electrons. The first-order chi connectivity index (χ1) is 8.20. The Morgan fingerprint density at radius 2 is 2.17 bits per heavy atom. The number of Topliss-reactive ketones (excluding diaryl/α,β-unsaturated/α-hetero) is 1. The summed E-state index contributed by atoms with van der Waals surface area (Å²) in [5.41, 5.74) is 4.83. The number of aliphatic carboxylic acids is 1. The van der Waals surface area contributed by atoms with Crippen molar-refractivity contribution in [2.45, 2.75) is 19.6 Å². The van der Waals surface area contributed by atoms with Gasteiger partial charge in [0.05, 0.1) is 0 Å². The smallest absolute Gasteiger partial charge is 0.379 e. The SMILES string of the molecule is CC(C)(O)ON=C(C(=O)C(=O)O)c1csc(N)n1. The Labute approximate surface area is 106 Å². The first kappa shape index (κ1) is 14.1. The third-order valence-electron chi connectivity index (χ3n) is 1.53. The number of ketones is 1. The summed E-state index contributed by atoms with van der Waals surface area (Å²) in [6.07, 6.45) is 0. The van der Waals surface area contributed by atoms with Crippen LogP contribution in [0.3, 0.4) is 0 Å². The average molecular weight is 273 g/mol. The van der Waals surface area contributed by atoms with Crippen LogP contribution in [0.4, 0.5) is 5.13 Å². The molecule has 0 bridgehead atoms. The van der Waals surface area contributed by atoms with Crippen LogP contribution in [0, 0.1) is 0 Å². The molecule has 0 amide bonds. The summed E-state index contributed by atoms with van der Waals surface area (Å²) in [7, 11) is 0. The third-order valence-corrected chi connectivity index (χ3v) is 2.21. The molecule has 0 aliphatic carbocycles. The summed E-state index contributed by atoms with van der Waals surface area (Å²) in [6, 6.07) is 0. The molecule has 0 aliphatic heterocycles. The molecule has 0 unspecified atom stereocenters. The molecular weight excluding hydrogens is 262 g/mol. The second-order valence-corrected chi connectivity index (χ2v) is 4.57. The maximum atomic E-state index is 11.4. The molecule has 0 radical (unpaired) electrons. The minimum absolute atomic E-state index is 0.0193. The molecule has 1 aromatic rings. The molecule has 9 heteroatoms. The van der Waals surface area contributed by atoms with Gasteiger partial charge in [0.25, 0.3) is 5.78 Å². The Morgan fingerprint density at radius 1 is 1.56 bits per heavy atom. The zero-order chi connectivity index (χ0) is 13.9. The number of carboxylic acids is 1. The molecule has 18 heavy (non-hydrogen) atoms. The van der Waals surface area contributed by atoms with Crippen molar-refractivity contribution in [2.24, 2.45) is 5.16 Å². The number of aliphatic hydroxyl groups is 1. The van der Waals surface area contributed by atoms with Crippen molar-refractivity contribution >= 4 is 33.9 Å². The summed E-state index contributed by atoms with van der Waals surface area (Å²) in [4.78, 5) is 30.4. The fourth-order valence-electron chi connectivity index (χ4n) is 0.860. The predicted molar refractivity (Wildman–Crippen MR) is 63.1 cm³/mol. The van der Waals surface area contributed by atoms with Gasteiger partial charge in [-0.25, -0.2) is 9.78 Å². The molecule has 8 nitrogen and oxygen atoms in total. The number of rotatable bonds is 5. The van der Waals surface area contributed by atoms with E-state index in [1.54, 1.807) is 0 Å². The van der Waals surface area contributed by atoms with Crippen molar-refractivity contribution < 1.29 is 24.6 Å². The average Bonchev–Trinajstić information content (AvgIpc) is 2.63. The second-order valence-electron chi connectivity index (χ2n) is 3.68. The van der Waals surface area contributed by atoms with Crippen molar-refractivity contribution in [1.82, 2.24) is 4.98 Å². The number of carboxylic acid groups (broad SMARTS) is 1. The Balaban J connectivity index is 3.11. The lowest BCUT2D eigenvalue weighted by molar-refractivity contribution is -0.176. The predicted octanol–water partition coefficient (Wildman–Crippen LogP) is -0.172. The molecule has 1 aromatic heterocycles. The number of nitrogens with two attached hydrogens (primary N) is 1. The molecule has 1 heterocycles. The van der Waals surface area contributed by atoms with Crippen molar-refractivity contribution in [1.29, 1.82) is 0 Å². The van der Waals surface area contributed by atoms with E-state index in [-0.39, 0.29) is 10.8 Å². The zero-order valence-electron chi connectivity index (χ0n) is 9.58. The molecule has 0 spiro atoms. The van der Waals surface area contributed by atoms with Gasteiger partial charge in [-0.3, -0.25) is 4.79 Å². The van der Waals surface area contributed by atoms with E-state index in [4.69, 9.17) is 10.8 Å². The van der Waals surface area contributed by atoms with Gasteiger partial charge in [0, 0.05) is 19.2 Å². The maximum Gasteiger partial charge on any atom is 0.379 e. The van der Waals surface area contributed by atoms with E-state index >= 15 is 0 Å². The van der Waals surface area contributed by atoms with E-state index in [1.807, 2.05) is 0 Å². The molecule has 4 N–H and O–H groups in total. The van der Waals surface area contributed by atoms with Gasteiger partial charge in [0.15, 0.2) is 10.8 Å². The van der Waals surface area contributed by atoms with Crippen molar-refractivity contribution in [2.75, 3.05) is 5.73 Å². The number of anilines is 1. The van der Waals surface area contributed by atoms with Crippen molar-refractivity contribution in [3.05, 3.63) is 11.1 Å². The summed E-state index contributed by atoms with van der Waals surface area (Å²) in [5, 5.41) is 22.8. The topological polar surface area (TPSA) is 135 Å². The largest absolute Gasteiger partial charge is 0.475 e. The highest BCUT2D eigenvalue weighted by Gasteiger charge is 2.26. The van der Waals surface area contributed by atoms with Crippen molar-refractivity contribution in [3.63, 3.8) is 0 Å². The Hall–Kier alpha value is -2.00. The van der Waals surface area contributed by atoms with E-state index in [1.165, 1.54) is 19.2 Å². The van der Waals surface area contributed by atoms with Crippen LogP contribution in [-0.2, 0) is 14.4 Å². The van der Waals surface area contributed by atoms with E-state index in [2.05, 4.69) is 15.0 Å². The summed E-state index contributed by atoms with van der Waals surface area (Å²) < 4.78 is 0. The summed E-state index contributed by atoms with van der Waals surface area (Å²) in [5.74, 6) is -4.66. The molecule has 0 aliphatic rings. The van der Waals surface area contributed by atoms with Gasteiger partial charge in [0.1, 0.15) is 5.69 Å². The van der Waals surface area contributed by atoms with Crippen LogP contribution in [0.1, 0.15) is 19.5 Å². The summed E-state index contributed by atoms with van der Waals surface area (Å²) >= 11 is 1.02. The first-order valence-corrected chi connectivity index (χ1v) is 5.56. The van der Waals surface area contributed by atoms with Gasteiger partial charge in [0.2, 0.25) is 5.79 Å². The number of hydrogen-bond acceptors (Lipinski definition) is 8. The van der Waals surface area contributed by atoms with Gasteiger partial charge in [-0.05, 0) is 0 Å². The molecule has 0 aromatic carbocycles. The quantitative estimate of drug-likeness (QED) is 0.293. The standard InChI is InChI=1S/C9H11N3O5S/c1-9(2,16)17-12-5(6(13)7(14)15)4-3-18-8(10)11-4/h3,16H,1-2H3,(H2,10,11)(H,14,15). The fraction of sp³-hybridized carbons (Fsp3) is 0.333. The van der Waals surface area contributed by atoms with Crippen LogP contribution >= 0.6 is 11.3 Å². The number of hydrogen-bond donors (Lipinski definition) is 3. The van der Waals surface area contributed by atoms with Gasteiger partial charge in [-0.1, -0.05) is 5.16 Å². The zero-order valence-corrected chi connectivity index (χ0v) is 10.4. The van der Waals surface area contributed by atoms with Crippen LogP contribution in [-0.4, -0.2) is 38.4 Å². The van der Waals surface area contributed by atoms with E-state index in [0.717, 1.165) is 11.3 Å². The van der Waals surface area contributed by atoms with Gasteiger partial charge in [-0.15, -0.1) is 11.3 Å². The number of carbonyl (C=O) groups is 2. The lowest BCUT2D eigenvalue weighted by Crippen LogP contribution is -2.28. The van der Waals surface area contributed by atoms with Crippen LogP contribution < -0.4 is 5.73 Å². The molecular formula is C9H11N3O5S. The number of oxime groups is 1. The molecule has 0 saturated carbocycles. The fourth-order valence-corrected chi connectivity index (χ4v) is 1.41. The van der Waals surface area contributed by atoms with Crippen LogP contribution in [0.25, 0.3) is 0 Å². The Kier molecular flexibility index (Phi) is 3.99. The van der Waals surface area contributed by atoms with Gasteiger partial charge >= 0.3 is 5.97 Å². The lowest BCUT2D eigenvalue weighted by atomic mass is 10.2. The van der Waals surface area contributed by atoms with E-state index in [0.29, 0.717) is 0 Å². The third kappa shape index (κ3) is 3.79. The summed E-state index contributed by atoms with van der Waals surface area (Å²) in [6.45, 7) is 2.55. The van der Waals surface area contributed by atoms with Gasteiger partial charge in [-0.2, -0.15) is 0 Å². The lowest BCUT2D eigenvalue weighted by Gasteiger charge is -2.14. The van der Waals surface area contributed by atoms with Crippen LogP contribution in [0.2, 0.25) is 0 Å². The number of carbonyl (C=O) groups excluding carboxylic acids is 1. The van der Waals surface area contributed by atoms with E-state index < -0.39 is 23.3 Å². The minimum Gasteiger partial charge on any atom is -0.475 e. The van der Waals surface area contributed by atoms with Crippen LogP contribution in [0.5, 0.6) is 0 Å². The highest BCUT2D eigenvalue weighted by atomic mass is 32.1. The molecule has 0 saturated heterocycles. The number of thiazole rings is 1. The molecule has 1 rings (SSSR count). The number of nitrogen functional groups attached to an aromatic ring is 1. The molecule has 0 fully saturated rings. The van der Waals surface area contributed by atoms with Crippen LogP contribution in [0.15, 0.2) is 10.5 Å². The molecule has 0 atom stereocenters. The second kappa shape index (κ2) is 5.10. The minimum atomic E-state index is -1.71. The monoisotopic (exact) mass is 273 g/mol. The number of nitrogens with zero attached hydrogens (tertiary/aromatic N) is 2.